The van der Waals surface area contributed by atoms with Gasteiger partial charge in [-0.1, -0.05) is 48.0 Å². The predicted molar refractivity (Wildman–Crippen MR) is 156 cm³/mol. The van der Waals surface area contributed by atoms with E-state index in [1.165, 1.54) is 53.4 Å². The van der Waals surface area contributed by atoms with Gasteiger partial charge in [-0.2, -0.15) is 11.8 Å². The zero-order valence-corrected chi connectivity index (χ0v) is 25.1. The Morgan fingerprint density at radius 1 is 0.875 bits per heavy atom. The highest BCUT2D eigenvalue weighted by Gasteiger charge is 2.51. The molecule has 3 aromatic rings. The standard InChI is InChI=1S/C31H34O7S2/c1-17-8-7-9-22(14-17)26-13-12-25(40-26)16-24-15-23(11-10-18(24)2)27-30(39-6)28(35-19(3)32)29(36-20(4)33)31(38-27)37-21(5)34/h7-15,27-31H,16H2,1-6H3/t27?,28-,29-,30-,31-/m0/s1. The average molecular weight is 583 g/mol. The van der Waals surface area contributed by atoms with Crippen LogP contribution in [0.4, 0.5) is 0 Å². The number of carbonyl (C=O) groups is 3. The van der Waals surface area contributed by atoms with E-state index >= 15 is 0 Å². The number of hydrogen-bond acceptors (Lipinski definition) is 9. The summed E-state index contributed by atoms with van der Waals surface area (Å²) in [5.41, 5.74) is 5.55. The molecule has 0 bridgehead atoms. The molecular formula is C31H34O7S2. The van der Waals surface area contributed by atoms with Crippen LogP contribution >= 0.6 is 23.1 Å². The molecule has 0 amide bonds. The molecule has 1 aromatic heterocycles. The van der Waals surface area contributed by atoms with Gasteiger partial charge in [0.25, 0.3) is 0 Å². The van der Waals surface area contributed by atoms with E-state index in [4.69, 9.17) is 18.9 Å². The van der Waals surface area contributed by atoms with Crippen LogP contribution in [0.1, 0.15) is 54.0 Å². The third-order valence-corrected chi connectivity index (χ3v) is 8.88. The van der Waals surface area contributed by atoms with Gasteiger partial charge in [-0.25, -0.2) is 0 Å². The van der Waals surface area contributed by atoms with Crippen LogP contribution in [0.3, 0.4) is 0 Å². The van der Waals surface area contributed by atoms with E-state index in [1.807, 2.05) is 18.4 Å². The first-order chi connectivity index (χ1) is 19.0. The van der Waals surface area contributed by atoms with E-state index in [2.05, 4.69) is 56.3 Å². The third-order valence-electron chi connectivity index (χ3n) is 6.68. The summed E-state index contributed by atoms with van der Waals surface area (Å²) < 4.78 is 22.9. The first-order valence-electron chi connectivity index (χ1n) is 13.0. The zero-order valence-electron chi connectivity index (χ0n) is 23.5. The summed E-state index contributed by atoms with van der Waals surface area (Å²) in [5.74, 6) is -1.73. The average Bonchev–Trinajstić information content (AvgIpc) is 3.35. The van der Waals surface area contributed by atoms with Crippen LogP contribution in [0.25, 0.3) is 10.4 Å². The molecule has 40 heavy (non-hydrogen) atoms. The lowest BCUT2D eigenvalue weighted by Gasteiger charge is -2.44. The van der Waals surface area contributed by atoms with Crippen molar-refractivity contribution in [2.45, 2.75) is 70.9 Å². The highest BCUT2D eigenvalue weighted by molar-refractivity contribution is 7.99. The van der Waals surface area contributed by atoms with Crippen molar-refractivity contribution in [3.63, 3.8) is 0 Å². The maximum Gasteiger partial charge on any atom is 0.305 e. The summed E-state index contributed by atoms with van der Waals surface area (Å²) in [6.07, 6.45) is -1.21. The van der Waals surface area contributed by atoms with Crippen LogP contribution in [-0.4, -0.2) is 47.9 Å². The number of benzene rings is 2. The fourth-order valence-corrected chi connectivity index (χ4v) is 6.89. The van der Waals surface area contributed by atoms with Crippen LogP contribution in [0.2, 0.25) is 0 Å². The van der Waals surface area contributed by atoms with Gasteiger partial charge >= 0.3 is 17.9 Å². The van der Waals surface area contributed by atoms with Gasteiger partial charge in [-0.15, -0.1) is 11.3 Å². The molecule has 1 aliphatic rings. The monoisotopic (exact) mass is 582 g/mol. The normalized spacial score (nSPS) is 22.4. The van der Waals surface area contributed by atoms with Gasteiger partial charge in [-0.3, -0.25) is 14.4 Å². The molecule has 5 atom stereocenters. The summed E-state index contributed by atoms with van der Waals surface area (Å²) >= 11 is 3.20. The van der Waals surface area contributed by atoms with E-state index in [0.717, 1.165) is 23.1 Å². The lowest BCUT2D eigenvalue weighted by Crippen LogP contribution is -2.57. The zero-order chi connectivity index (χ0) is 29.0. The van der Waals surface area contributed by atoms with E-state index in [-0.39, 0.29) is 0 Å². The maximum absolute atomic E-state index is 12.1. The van der Waals surface area contributed by atoms with Crippen molar-refractivity contribution in [3.05, 3.63) is 81.7 Å². The van der Waals surface area contributed by atoms with Crippen molar-refractivity contribution < 1.29 is 33.3 Å². The number of esters is 3. The lowest BCUT2D eigenvalue weighted by atomic mass is 9.92. The highest BCUT2D eigenvalue weighted by Crippen LogP contribution is 2.42. The van der Waals surface area contributed by atoms with Gasteiger partial charge in [-0.05, 0) is 54.5 Å². The van der Waals surface area contributed by atoms with Crippen molar-refractivity contribution in [3.8, 4) is 10.4 Å². The Kier molecular flexibility index (Phi) is 9.71. The van der Waals surface area contributed by atoms with Crippen LogP contribution in [-0.2, 0) is 39.8 Å². The Morgan fingerprint density at radius 3 is 2.23 bits per heavy atom. The predicted octanol–water partition coefficient (Wildman–Crippen LogP) is 6.18. The number of aryl methyl sites for hydroxylation is 2. The Bertz CT molecular complexity index is 1380. The minimum atomic E-state index is -1.24. The first kappa shape index (κ1) is 29.8. The number of carbonyl (C=O) groups excluding carboxylic acids is 3. The van der Waals surface area contributed by atoms with Crippen molar-refractivity contribution in [2.75, 3.05) is 6.26 Å². The molecule has 1 fully saturated rings. The Balaban J connectivity index is 1.66. The molecule has 1 unspecified atom stereocenters. The molecule has 1 saturated heterocycles. The number of rotatable bonds is 8. The van der Waals surface area contributed by atoms with Gasteiger partial charge < -0.3 is 18.9 Å². The van der Waals surface area contributed by atoms with Gasteiger partial charge in [0, 0.05) is 36.9 Å². The maximum atomic E-state index is 12.1. The Labute approximate surface area is 243 Å². The molecule has 0 saturated carbocycles. The summed E-state index contributed by atoms with van der Waals surface area (Å²) in [6.45, 7) is 7.96. The van der Waals surface area contributed by atoms with Crippen LogP contribution in [0, 0.1) is 13.8 Å². The molecule has 1 aliphatic heterocycles. The second-order valence-electron chi connectivity index (χ2n) is 9.88. The molecule has 212 valence electrons. The van der Waals surface area contributed by atoms with Crippen LogP contribution < -0.4 is 0 Å². The van der Waals surface area contributed by atoms with Gasteiger partial charge in [0.2, 0.25) is 12.4 Å². The summed E-state index contributed by atoms with van der Waals surface area (Å²) in [5, 5.41) is -0.426. The quantitative estimate of drug-likeness (QED) is 0.230. The molecule has 0 spiro atoms. The van der Waals surface area contributed by atoms with E-state index in [1.54, 1.807) is 11.3 Å². The SMILES string of the molecule is CS[C@H]1C(c2ccc(C)c(Cc3ccc(-c4cccc(C)c4)s3)c2)O[C@H](OC(C)=O)[C@@H](OC(C)=O)[C@@H]1OC(C)=O. The topological polar surface area (TPSA) is 88.1 Å². The molecular weight excluding hydrogens is 548 g/mol. The number of ether oxygens (including phenoxy) is 4. The molecule has 2 aromatic carbocycles. The molecule has 0 N–H and O–H groups in total. The molecule has 9 heteroatoms. The number of thiophene rings is 1. The first-order valence-corrected chi connectivity index (χ1v) is 15.1. The van der Waals surface area contributed by atoms with Crippen LogP contribution in [0.15, 0.2) is 54.6 Å². The molecule has 7 nitrogen and oxygen atoms in total. The molecule has 4 rings (SSSR count). The Hall–Kier alpha value is -3.14. The number of thioether (sulfide) groups is 1. The third kappa shape index (κ3) is 7.13. The van der Waals surface area contributed by atoms with Gasteiger partial charge in [0.1, 0.15) is 6.10 Å². The smallest absolute Gasteiger partial charge is 0.305 e. The van der Waals surface area contributed by atoms with E-state index < -0.39 is 47.8 Å². The Morgan fingerprint density at radius 2 is 1.57 bits per heavy atom. The highest BCUT2D eigenvalue weighted by atomic mass is 32.2. The fraction of sp³-hybridized carbons (Fsp3) is 0.387. The van der Waals surface area contributed by atoms with E-state index in [0.29, 0.717) is 0 Å². The molecule has 0 aliphatic carbocycles. The van der Waals surface area contributed by atoms with E-state index in [9.17, 15) is 14.4 Å². The summed E-state index contributed by atoms with van der Waals surface area (Å²) in [4.78, 5) is 38.4. The largest absolute Gasteiger partial charge is 0.457 e. The van der Waals surface area contributed by atoms with Crippen molar-refractivity contribution in [2.24, 2.45) is 0 Å². The van der Waals surface area contributed by atoms with Crippen molar-refractivity contribution in [1.29, 1.82) is 0 Å². The van der Waals surface area contributed by atoms with Gasteiger partial charge in [0.15, 0.2) is 6.10 Å². The van der Waals surface area contributed by atoms with Crippen LogP contribution in [0.5, 0.6) is 0 Å². The fourth-order valence-electron chi connectivity index (χ4n) is 4.91. The summed E-state index contributed by atoms with van der Waals surface area (Å²) in [6, 6.07) is 18.9. The molecule has 0 radical (unpaired) electrons. The minimum absolute atomic E-state index is 0.426. The second kappa shape index (κ2) is 13.0. The molecule has 2 heterocycles. The van der Waals surface area contributed by atoms with Crippen molar-refractivity contribution in [1.82, 2.24) is 0 Å². The minimum Gasteiger partial charge on any atom is -0.457 e. The van der Waals surface area contributed by atoms with Crippen molar-refractivity contribution >= 4 is 41.0 Å². The summed E-state index contributed by atoms with van der Waals surface area (Å²) in [7, 11) is 0. The second-order valence-corrected chi connectivity index (χ2v) is 12.1. The number of hydrogen-bond donors (Lipinski definition) is 0. The lowest BCUT2D eigenvalue weighted by molar-refractivity contribution is -0.266. The van der Waals surface area contributed by atoms with Gasteiger partial charge in [0.05, 0.1) is 5.25 Å².